The van der Waals surface area contributed by atoms with E-state index in [-0.39, 0.29) is 5.91 Å². The van der Waals surface area contributed by atoms with Crippen molar-refractivity contribution in [2.24, 2.45) is 0 Å². The Labute approximate surface area is 133 Å². The van der Waals surface area contributed by atoms with E-state index < -0.39 is 0 Å². The molecule has 0 atom stereocenters. The van der Waals surface area contributed by atoms with E-state index in [1.807, 2.05) is 30.3 Å². The average Bonchev–Trinajstić information content (AvgIpc) is 3.00. The highest BCUT2D eigenvalue weighted by Gasteiger charge is 2.08. The number of benzene rings is 2. The quantitative estimate of drug-likeness (QED) is 0.791. The molecule has 21 heavy (non-hydrogen) atoms. The number of nitrogens with one attached hydrogen (secondary N) is 1. The van der Waals surface area contributed by atoms with Crippen LogP contribution in [-0.2, 0) is 0 Å². The summed E-state index contributed by atoms with van der Waals surface area (Å²) in [6.07, 6.45) is 6.94. The lowest BCUT2D eigenvalue weighted by molar-refractivity contribution is 0.0954. The van der Waals surface area contributed by atoms with Gasteiger partial charge in [-0.15, -0.1) is 0 Å². The van der Waals surface area contributed by atoms with Crippen molar-refractivity contribution < 1.29 is 4.79 Å². The molecule has 0 fully saturated rings. The Kier molecular flexibility index (Phi) is 4.39. The van der Waals surface area contributed by atoms with Gasteiger partial charge < -0.3 is 5.32 Å². The highest BCUT2D eigenvalue weighted by Crippen LogP contribution is 2.21. The van der Waals surface area contributed by atoms with Crippen LogP contribution in [0.5, 0.6) is 0 Å². The lowest BCUT2D eigenvalue weighted by Gasteiger charge is -2.07. The van der Waals surface area contributed by atoms with Gasteiger partial charge in [-0.25, -0.2) is 0 Å². The summed E-state index contributed by atoms with van der Waals surface area (Å²) in [4.78, 5) is 12.2. The summed E-state index contributed by atoms with van der Waals surface area (Å²) in [5.74, 6) is 0.0124. The van der Waals surface area contributed by atoms with Gasteiger partial charge >= 0.3 is 0 Å². The molecule has 108 valence electrons. The smallest absolute Gasteiger partial charge is 0.251 e. The molecule has 0 heterocycles. The molecular formula is C18H18BrNO. The predicted molar refractivity (Wildman–Crippen MR) is 90.5 cm³/mol. The van der Waals surface area contributed by atoms with Crippen molar-refractivity contribution in [1.82, 2.24) is 5.32 Å². The first-order chi connectivity index (χ1) is 10.2. The second-order valence-electron chi connectivity index (χ2n) is 5.47. The van der Waals surface area contributed by atoms with E-state index in [1.165, 1.54) is 24.8 Å². The third kappa shape index (κ3) is 3.53. The maximum atomic E-state index is 12.2. The van der Waals surface area contributed by atoms with Crippen LogP contribution in [0.2, 0.25) is 0 Å². The second-order valence-corrected chi connectivity index (χ2v) is 6.38. The molecule has 2 aromatic carbocycles. The van der Waals surface area contributed by atoms with E-state index in [1.54, 1.807) is 0 Å². The minimum Gasteiger partial charge on any atom is -0.352 e. The van der Waals surface area contributed by atoms with Gasteiger partial charge in [-0.05, 0) is 60.7 Å². The van der Waals surface area contributed by atoms with E-state index in [4.69, 9.17) is 0 Å². The topological polar surface area (TPSA) is 29.1 Å². The molecule has 0 aromatic heterocycles. The molecule has 0 bridgehead atoms. The van der Waals surface area contributed by atoms with Gasteiger partial charge in [0, 0.05) is 16.6 Å². The third-order valence-electron chi connectivity index (χ3n) is 3.93. The highest BCUT2D eigenvalue weighted by atomic mass is 79.9. The molecule has 0 aliphatic heterocycles. The number of carbonyl (C=O) groups is 1. The van der Waals surface area contributed by atoms with Crippen molar-refractivity contribution in [3.05, 3.63) is 58.1 Å². The number of amides is 1. The monoisotopic (exact) mass is 343 g/mol. The molecule has 1 amide bonds. The summed E-state index contributed by atoms with van der Waals surface area (Å²) in [6.45, 7) is 0.725. The van der Waals surface area contributed by atoms with E-state index in [9.17, 15) is 4.79 Å². The Bertz CT molecular complexity index is 705. The van der Waals surface area contributed by atoms with Gasteiger partial charge in [-0.2, -0.15) is 0 Å². The van der Waals surface area contributed by atoms with Crippen LogP contribution >= 0.6 is 15.9 Å². The zero-order chi connectivity index (χ0) is 14.7. The zero-order valence-electron chi connectivity index (χ0n) is 11.9. The molecule has 3 rings (SSSR count). The summed E-state index contributed by atoms with van der Waals surface area (Å²) < 4.78 is 1.05. The number of hydrogen-bond donors (Lipinski definition) is 1. The Balaban J connectivity index is 1.65. The van der Waals surface area contributed by atoms with Crippen LogP contribution in [-0.4, -0.2) is 12.5 Å². The van der Waals surface area contributed by atoms with Gasteiger partial charge in [0.2, 0.25) is 0 Å². The molecule has 0 saturated carbocycles. The lowest BCUT2D eigenvalue weighted by Crippen LogP contribution is -2.24. The molecule has 2 nitrogen and oxygen atoms in total. The zero-order valence-corrected chi connectivity index (χ0v) is 13.4. The maximum Gasteiger partial charge on any atom is 0.251 e. The van der Waals surface area contributed by atoms with Crippen LogP contribution in [0.4, 0.5) is 0 Å². The third-order valence-corrected chi connectivity index (χ3v) is 4.42. The molecule has 0 saturated heterocycles. The van der Waals surface area contributed by atoms with E-state index >= 15 is 0 Å². The molecule has 1 aliphatic carbocycles. The summed E-state index contributed by atoms with van der Waals surface area (Å²) in [6, 6.07) is 11.9. The Morgan fingerprint density at radius 3 is 2.76 bits per heavy atom. The van der Waals surface area contributed by atoms with Gasteiger partial charge in [0.05, 0.1) is 0 Å². The van der Waals surface area contributed by atoms with Crippen LogP contribution in [0.1, 0.15) is 36.0 Å². The fourth-order valence-electron chi connectivity index (χ4n) is 2.76. The van der Waals surface area contributed by atoms with Crippen molar-refractivity contribution >= 4 is 32.6 Å². The highest BCUT2D eigenvalue weighted by molar-refractivity contribution is 9.10. The van der Waals surface area contributed by atoms with Crippen molar-refractivity contribution in [2.75, 3.05) is 6.54 Å². The average molecular weight is 344 g/mol. The summed E-state index contributed by atoms with van der Waals surface area (Å²) in [5.41, 5.74) is 2.21. The van der Waals surface area contributed by atoms with Crippen LogP contribution in [0.3, 0.4) is 0 Å². The number of hydrogen-bond acceptors (Lipinski definition) is 1. The molecule has 0 unspecified atom stereocenters. The molecular weight excluding hydrogens is 326 g/mol. The summed E-state index contributed by atoms with van der Waals surface area (Å²) in [7, 11) is 0. The van der Waals surface area contributed by atoms with Crippen molar-refractivity contribution in [3.63, 3.8) is 0 Å². The second kappa shape index (κ2) is 6.44. The van der Waals surface area contributed by atoms with Crippen molar-refractivity contribution in [3.8, 4) is 0 Å². The first-order valence-corrected chi connectivity index (χ1v) is 8.17. The molecule has 1 aliphatic rings. The molecule has 0 radical (unpaired) electrons. The molecule has 2 aromatic rings. The fourth-order valence-corrected chi connectivity index (χ4v) is 3.14. The first kappa shape index (κ1) is 14.3. The van der Waals surface area contributed by atoms with E-state index in [0.717, 1.165) is 33.8 Å². The molecule has 0 spiro atoms. The van der Waals surface area contributed by atoms with Crippen LogP contribution in [0.15, 0.2) is 52.5 Å². The normalized spacial score (nSPS) is 14.2. The van der Waals surface area contributed by atoms with Crippen LogP contribution in [0.25, 0.3) is 10.8 Å². The summed E-state index contributed by atoms with van der Waals surface area (Å²) >= 11 is 3.46. The molecule has 1 N–H and O–H groups in total. The van der Waals surface area contributed by atoms with Gasteiger partial charge in [0.25, 0.3) is 5.91 Å². The largest absolute Gasteiger partial charge is 0.352 e. The minimum absolute atomic E-state index is 0.0124. The van der Waals surface area contributed by atoms with E-state index in [0.29, 0.717) is 0 Å². The SMILES string of the molecule is O=C(NCCC1=CCCC1)c1ccc2cc(Br)ccc2c1. The predicted octanol–water partition coefficient (Wildman–Crippen LogP) is 4.83. The minimum atomic E-state index is 0.0124. The van der Waals surface area contributed by atoms with Gasteiger partial charge in [-0.3, -0.25) is 4.79 Å². The van der Waals surface area contributed by atoms with Crippen LogP contribution in [0, 0.1) is 0 Å². The lowest BCUT2D eigenvalue weighted by atomic mass is 10.1. The molecule has 3 heteroatoms. The van der Waals surface area contributed by atoms with E-state index in [2.05, 4.69) is 33.4 Å². The standard InChI is InChI=1S/C18H18BrNO/c19-17-8-7-14-11-16(6-5-15(14)12-17)18(21)20-10-9-13-3-1-2-4-13/h3,5-8,11-12H,1-2,4,9-10H2,(H,20,21). The Hall–Kier alpha value is -1.61. The number of rotatable bonds is 4. The van der Waals surface area contributed by atoms with Gasteiger partial charge in [0.1, 0.15) is 0 Å². The Morgan fingerprint density at radius 1 is 1.14 bits per heavy atom. The fraction of sp³-hybridized carbons (Fsp3) is 0.278. The number of allylic oxidation sites excluding steroid dienone is 1. The van der Waals surface area contributed by atoms with Gasteiger partial charge in [0.15, 0.2) is 0 Å². The van der Waals surface area contributed by atoms with Gasteiger partial charge in [-0.1, -0.05) is 39.7 Å². The number of halogens is 1. The maximum absolute atomic E-state index is 12.2. The van der Waals surface area contributed by atoms with Crippen molar-refractivity contribution in [1.29, 1.82) is 0 Å². The number of fused-ring (bicyclic) bond motifs is 1. The first-order valence-electron chi connectivity index (χ1n) is 7.38. The van der Waals surface area contributed by atoms with Crippen LogP contribution < -0.4 is 5.32 Å². The number of carbonyl (C=O) groups excluding carboxylic acids is 1. The Morgan fingerprint density at radius 2 is 1.95 bits per heavy atom. The van der Waals surface area contributed by atoms with Crippen molar-refractivity contribution in [2.45, 2.75) is 25.7 Å². The summed E-state index contributed by atoms with van der Waals surface area (Å²) in [5, 5.41) is 5.24.